The molecule has 0 unspecified atom stereocenters. The molecule has 0 bridgehead atoms. The number of pyridine rings is 1. The molecule has 0 aliphatic heterocycles. The van der Waals surface area contributed by atoms with Crippen molar-refractivity contribution < 1.29 is 13.9 Å². The summed E-state index contributed by atoms with van der Waals surface area (Å²) in [5, 5.41) is 4.57. The minimum Gasteiger partial charge on any atom is -0.497 e. The molecular formula is C20H15BrN2O3. The summed E-state index contributed by atoms with van der Waals surface area (Å²) in [6.07, 6.45) is 0. The zero-order valence-corrected chi connectivity index (χ0v) is 15.8. The molecule has 4 aromatic rings. The molecule has 5 nitrogen and oxygen atoms in total. The van der Waals surface area contributed by atoms with Gasteiger partial charge in [-0.1, -0.05) is 6.07 Å². The van der Waals surface area contributed by atoms with E-state index in [0.717, 1.165) is 32.1 Å². The molecule has 0 aliphatic carbocycles. The summed E-state index contributed by atoms with van der Waals surface area (Å²) in [6, 6.07) is 15.0. The normalized spacial score (nSPS) is 11.0. The van der Waals surface area contributed by atoms with Gasteiger partial charge < -0.3 is 14.5 Å². The summed E-state index contributed by atoms with van der Waals surface area (Å²) in [5.74, 6) is 0.606. The average molecular weight is 411 g/mol. The lowest BCUT2D eigenvalue weighted by atomic mass is 10.2. The Hall–Kier alpha value is -2.86. The number of ether oxygens (including phenoxy) is 1. The first kappa shape index (κ1) is 16.6. The molecule has 2 heterocycles. The van der Waals surface area contributed by atoms with Gasteiger partial charge in [0.2, 0.25) is 5.71 Å². The molecule has 0 saturated carbocycles. The molecule has 6 heteroatoms. The van der Waals surface area contributed by atoms with Crippen LogP contribution in [0.3, 0.4) is 0 Å². The van der Waals surface area contributed by atoms with Gasteiger partial charge in [-0.15, -0.1) is 0 Å². The first-order valence-corrected chi connectivity index (χ1v) is 8.78. The van der Waals surface area contributed by atoms with Crippen LogP contribution in [-0.4, -0.2) is 18.0 Å². The number of amides is 1. The maximum atomic E-state index is 12.5. The number of fused-ring (bicyclic) bond motifs is 2. The summed E-state index contributed by atoms with van der Waals surface area (Å²) in [4.78, 5) is 17.0. The SMILES string of the molecule is COc1ccc2cc3cc(C(=O)Nc4ccc(C)cc4Br)oc3nc2c1. The van der Waals surface area contributed by atoms with Crippen molar-refractivity contribution in [1.82, 2.24) is 4.98 Å². The number of furan rings is 1. The number of anilines is 1. The van der Waals surface area contributed by atoms with Gasteiger partial charge in [0.05, 0.1) is 18.3 Å². The third-order valence-electron chi connectivity index (χ3n) is 4.11. The van der Waals surface area contributed by atoms with Crippen molar-refractivity contribution in [1.29, 1.82) is 0 Å². The number of nitrogens with one attached hydrogen (secondary N) is 1. The van der Waals surface area contributed by atoms with E-state index in [1.165, 1.54) is 0 Å². The summed E-state index contributed by atoms with van der Waals surface area (Å²) < 4.78 is 11.7. The van der Waals surface area contributed by atoms with Gasteiger partial charge >= 0.3 is 0 Å². The number of carbonyl (C=O) groups is 1. The van der Waals surface area contributed by atoms with Crippen molar-refractivity contribution in [2.24, 2.45) is 0 Å². The zero-order chi connectivity index (χ0) is 18.3. The molecule has 2 aromatic carbocycles. The van der Waals surface area contributed by atoms with Crippen LogP contribution >= 0.6 is 15.9 Å². The number of carbonyl (C=O) groups excluding carboxylic acids is 1. The number of methoxy groups -OCH3 is 1. The zero-order valence-electron chi connectivity index (χ0n) is 14.2. The molecule has 130 valence electrons. The number of nitrogens with zero attached hydrogens (tertiary/aromatic N) is 1. The Kier molecular flexibility index (Phi) is 4.12. The van der Waals surface area contributed by atoms with E-state index < -0.39 is 0 Å². The predicted molar refractivity (Wildman–Crippen MR) is 105 cm³/mol. The molecule has 0 fully saturated rings. The van der Waals surface area contributed by atoms with Gasteiger partial charge in [0.1, 0.15) is 5.75 Å². The van der Waals surface area contributed by atoms with Crippen LogP contribution in [0.4, 0.5) is 5.69 Å². The number of aryl methyl sites for hydroxylation is 1. The van der Waals surface area contributed by atoms with Crippen LogP contribution in [0.15, 0.2) is 57.4 Å². The topological polar surface area (TPSA) is 64.4 Å². The Morgan fingerprint density at radius 2 is 1.96 bits per heavy atom. The second kappa shape index (κ2) is 6.46. The van der Waals surface area contributed by atoms with Gasteiger partial charge in [0, 0.05) is 21.3 Å². The highest BCUT2D eigenvalue weighted by Gasteiger charge is 2.15. The highest BCUT2D eigenvalue weighted by Crippen LogP contribution is 2.27. The molecule has 4 rings (SSSR count). The van der Waals surface area contributed by atoms with Gasteiger partial charge in [-0.25, -0.2) is 4.98 Å². The smallest absolute Gasteiger partial charge is 0.291 e. The van der Waals surface area contributed by atoms with Crippen LogP contribution in [0.25, 0.3) is 22.0 Å². The van der Waals surface area contributed by atoms with Crippen molar-refractivity contribution >= 4 is 49.5 Å². The third kappa shape index (κ3) is 3.04. The molecule has 0 saturated heterocycles. The predicted octanol–water partition coefficient (Wildman–Crippen LogP) is 5.31. The fraction of sp³-hybridized carbons (Fsp3) is 0.100. The molecule has 0 atom stereocenters. The van der Waals surface area contributed by atoms with Gasteiger partial charge in [0.25, 0.3) is 5.91 Å². The van der Waals surface area contributed by atoms with E-state index in [4.69, 9.17) is 9.15 Å². The Bertz CT molecular complexity index is 1150. The van der Waals surface area contributed by atoms with Crippen LogP contribution in [0.2, 0.25) is 0 Å². The van der Waals surface area contributed by atoms with Crippen molar-refractivity contribution in [2.45, 2.75) is 6.92 Å². The Morgan fingerprint density at radius 1 is 1.12 bits per heavy atom. The maximum Gasteiger partial charge on any atom is 0.291 e. The van der Waals surface area contributed by atoms with E-state index in [0.29, 0.717) is 11.4 Å². The van der Waals surface area contributed by atoms with Crippen LogP contribution < -0.4 is 10.1 Å². The minimum atomic E-state index is -0.325. The van der Waals surface area contributed by atoms with Crippen LogP contribution in [0.1, 0.15) is 16.1 Å². The average Bonchev–Trinajstić information content (AvgIpc) is 3.04. The first-order chi connectivity index (χ1) is 12.5. The molecule has 1 amide bonds. The number of benzene rings is 2. The highest BCUT2D eigenvalue weighted by molar-refractivity contribution is 9.10. The van der Waals surface area contributed by atoms with Crippen LogP contribution in [0.5, 0.6) is 5.75 Å². The van der Waals surface area contributed by atoms with Crippen LogP contribution in [-0.2, 0) is 0 Å². The summed E-state index contributed by atoms with van der Waals surface area (Å²) >= 11 is 3.46. The fourth-order valence-corrected chi connectivity index (χ4v) is 3.34. The number of halogens is 1. The lowest BCUT2D eigenvalue weighted by Crippen LogP contribution is -2.11. The molecule has 26 heavy (non-hydrogen) atoms. The summed E-state index contributed by atoms with van der Waals surface area (Å²) in [5.41, 5.74) is 2.95. The second-order valence-corrected chi connectivity index (χ2v) is 6.84. The van der Waals surface area contributed by atoms with Gasteiger partial charge in [0.15, 0.2) is 5.76 Å². The van der Waals surface area contributed by atoms with E-state index >= 15 is 0 Å². The summed E-state index contributed by atoms with van der Waals surface area (Å²) in [6.45, 7) is 1.99. The second-order valence-electron chi connectivity index (χ2n) is 5.99. The lowest BCUT2D eigenvalue weighted by molar-refractivity contribution is 0.0998. The number of rotatable bonds is 3. The number of hydrogen-bond donors (Lipinski definition) is 1. The van der Waals surface area contributed by atoms with Crippen molar-refractivity contribution in [3.63, 3.8) is 0 Å². The molecule has 0 aliphatic rings. The molecule has 1 N–H and O–H groups in total. The van der Waals surface area contributed by atoms with E-state index in [1.54, 1.807) is 13.2 Å². The van der Waals surface area contributed by atoms with Gasteiger partial charge in [-0.3, -0.25) is 4.79 Å². The van der Waals surface area contributed by atoms with Crippen LogP contribution in [0, 0.1) is 6.92 Å². The minimum absolute atomic E-state index is 0.210. The maximum absolute atomic E-state index is 12.5. The molecule has 0 radical (unpaired) electrons. The molecular weight excluding hydrogens is 396 g/mol. The van der Waals surface area contributed by atoms with E-state index in [-0.39, 0.29) is 11.7 Å². The van der Waals surface area contributed by atoms with Crippen molar-refractivity contribution in [2.75, 3.05) is 12.4 Å². The Balaban J connectivity index is 1.69. The third-order valence-corrected chi connectivity index (χ3v) is 4.76. The van der Waals surface area contributed by atoms with E-state index in [9.17, 15) is 4.79 Å². The van der Waals surface area contributed by atoms with E-state index in [1.807, 2.05) is 49.4 Å². The standard InChI is InChI=1S/C20H15BrN2O3/c1-11-3-6-16(15(21)7-11)22-19(24)18-9-13-8-12-4-5-14(25-2)10-17(12)23-20(13)26-18/h3-10H,1-2H3,(H,22,24). The molecule has 2 aromatic heterocycles. The Labute approximate surface area is 158 Å². The monoisotopic (exact) mass is 410 g/mol. The van der Waals surface area contributed by atoms with Gasteiger partial charge in [-0.05, 0) is 64.8 Å². The van der Waals surface area contributed by atoms with Crippen molar-refractivity contribution in [3.05, 3.63) is 64.3 Å². The first-order valence-electron chi connectivity index (χ1n) is 7.99. The summed E-state index contributed by atoms with van der Waals surface area (Å²) in [7, 11) is 1.61. The quantitative estimate of drug-likeness (QED) is 0.496. The highest BCUT2D eigenvalue weighted by atomic mass is 79.9. The van der Waals surface area contributed by atoms with Crippen molar-refractivity contribution in [3.8, 4) is 5.75 Å². The number of aromatic nitrogens is 1. The van der Waals surface area contributed by atoms with E-state index in [2.05, 4.69) is 26.2 Å². The van der Waals surface area contributed by atoms with Gasteiger partial charge in [-0.2, -0.15) is 0 Å². The largest absolute Gasteiger partial charge is 0.497 e. The number of hydrogen-bond acceptors (Lipinski definition) is 4. The lowest BCUT2D eigenvalue weighted by Gasteiger charge is -2.06. The fourth-order valence-electron chi connectivity index (χ4n) is 2.75. The Morgan fingerprint density at radius 3 is 2.73 bits per heavy atom. The molecule has 0 spiro atoms.